The van der Waals surface area contributed by atoms with E-state index < -0.39 is 11.6 Å². The van der Waals surface area contributed by atoms with E-state index in [1.54, 1.807) is 17.8 Å². The highest BCUT2D eigenvalue weighted by atomic mass is 32.2. The lowest BCUT2D eigenvalue weighted by atomic mass is 10.2. The predicted molar refractivity (Wildman–Crippen MR) is 74.1 cm³/mol. The van der Waals surface area contributed by atoms with E-state index >= 15 is 0 Å². The summed E-state index contributed by atoms with van der Waals surface area (Å²) >= 11 is 1.57. The molecule has 0 amide bonds. The molecule has 1 aromatic carbocycles. The van der Waals surface area contributed by atoms with Gasteiger partial charge in [0.05, 0.1) is 0 Å². The van der Waals surface area contributed by atoms with Gasteiger partial charge >= 0.3 is 0 Å². The summed E-state index contributed by atoms with van der Waals surface area (Å²) < 4.78 is 25.8. The Bertz CT molecular complexity index is 358. The maximum Gasteiger partial charge on any atom is 0.159 e. The lowest BCUT2D eigenvalue weighted by molar-refractivity contribution is 0.505. The number of thioether (sulfide) groups is 1. The minimum absolute atomic E-state index is 0.438. The highest BCUT2D eigenvalue weighted by Crippen LogP contribution is 2.22. The largest absolute Gasteiger partial charge is 0.313 e. The molecule has 0 aliphatic rings. The van der Waals surface area contributed by atoms with Gasteiger partial charge in [0.2, 0.25) is 0 Å². The van der Waals surface area contributed by atoms with Crippen LogP contribution in [0.5, 0.6) is 0 Å². The molecule has 0 saturated heterocycles. The first-order valence-corrected chi connectivity index (χ1v) is 7.47. The van der Waals surface area contributed by atoms with E-state index in [2.05, 4.69) is 19.2 Å². The fourth-order valence-electron chi connectivity index (χ4n) is 1.70. The molecule has 1 unspecified atom stereocenters. The summed E-state index contributed by atoms with van der Waals surface area (Å²) in [5, 5.41) is 3.48. The third-order valence-corrected chi connectivity index (χ3v) is 3.82. The second-order valence-electron chi connectivity index (χ2n) is 4.33. The lowest BCUT2D eigenvalue weighted by Gasteiger charge is -2.17. The highest BCUT2D eigenvalue weighted by Gasteiger charge is 2.08. The van der Waals surface area contributed by atoms with Crippen molar-refractivity contribution in [1.82, 2.24) is 5.32 Å². The molecule has 0 saturated carbocycles. The minimum Gasteiger partial charge on any atom is -0.313 e. The molecule has 0 aromatic heterocycles. The van der Waals surface area contributed by atoms with Gasteiger partial charge in [0, 0.05) is 16.7 Å². The zero-order chi connectivity index (χ0) is 13.4. The Labute approximate surface area is 112 Å². The van der Waals surface area contributed by atoms with E-state index in [-0.39, 0.29) is 0 Å². The van der Waals surface area contributed by atoms with Crippen molar-refractivity contribution in [3.63, 3.8) is 0 Å². The number of halogens is 2. The van der Waals surface area contributed by atoms with Gasteiger partial charge in [-0.25, -0.2) is 8.78 Å². The Morgan fingerprint density at radius 3 is 2.56 bits per heavy atom. The van der Waals surface area contributed by atoms with E-state index in [9.17, 15) is 8.78 Å². The molecule has 0 aliphatic carbocycles. The van der Waals surface area contributed by atoms with Crippen LogP contribution in [0.1, 0.15) is 33.1 Å². The van der Waals surface area contributed by atoms with Crippen LogP contribution in [0.25, 0.3) is 0 Å². The van der Waals surface area contributed by atoms with E-state index in [0.29, 0.717) is 6.04 Å². The first-order valence-electron chi connectivity index (χ1n) is 6.48. The standard InChI is InChI=1S/C14H21F2NS/c1-3-5-11(17-8-4-2)10-18-12-6-7-13(15)14(16)9-12/h6-7,9,11,17H,3-5,8,10H2,1-2H3. The second-order valence-corrected chi connectivity index (χ2v) is 5.42. The topological polar surface area (TPSA) is 12.0 Å². The molecule has 0 radical (unpaired) electrons. The average Bonchev–Trinajstić information content (AvgIpc) is 2.37. The van der Waals surface area contributed by atoms with Crippen molar-refractivity contribution in [1.29, 1.82) is 0 Å². The molecular weight excluding hydrogens is 252 g/mol. The van der Waals surface area contributed by atoms with Gasteiger partial charge in [0.15, 0.2) is 11.6 Å². The maximum atomic E-state index is 13.1. The van der Waals surface area contributed by atoms with Crippen LogP contribution in [0.4, 0.5) is 8.78 Å². The summed E-state index contributed by atoms with van der Waals surface area (Å²) in [6, 6.07) is 4.52. The third kappa shape index (κ3) is 5.36. The summed E-state index contributed by atoms with van der Waals surface area (Å²) in [5.41, 5.74) is 0. The molecule has 1 atom stereocenters. The number of nitrogens with one attached hydrogen (secondary N) is 1. The summed E-state index contributed by atoms with van der Waals surface area (Å²) in [4.78, 5) is 0.785. The number of rotatable bonds is 8. The van der Waals surface area contributed by atoms with Crippen molar-refractivity contribution in [2.45, 2.75) is 44.0 Å². The molecule has 1 nitrogen and oxygen atoms in total. The van der Waals surface area contributed by atoms with Gasteiger partial charge in [-0.15, -0.1) is 11.8 Å². The second kappa shape index (κ2) is 8.48. The lowest BCUT2D eigenvalue weighted by Crippen LogP contribution is -2.31. The molecule has 0 heterocycles. The van der Waals surface area contributed by atoms with Gasteiger partial charge in [-0.05, 0) is 37.6 Å². The highest BCUT2D eigenvalue weighted by molar-refractivity contribution is 7.99. The molecule has 4 heteroatoms. The summed E-state index contributed by atoms with van der Waals surface area (Å²) in [6.07, 6.45) is 3.34. The molecular formula is C14H21F2NS. The first kappa shape index (κ1) is 15.4. The maximum absolute atomic E-state index is 13.1. The van der Waals surface area contributed by atoms with Gasteiger partial charge in [0.25, 0.3) is 0 Å². The van der Waals surface area contributed by atoms with Crippen molar-refractivity contribution in [3.05, 3.63) is 29.8 Å². The van der Waals surface area contributed by atoms with Gasteiger partial charge in [-0.1, -0.05) is 20.3 Å². The zero-order valence-electron chi connectivity index (χ0n) is 11.0. The summed E-state index contributed by atoms with van der Waals surface area (Å²) in [6.45, 7) is 5.30. The molecule has 1 N–H and O–H groups in total. The first-order chi connectivity index (χ1) is 8.67. The SMILES string of the molecule is CCCNC(CCC)CSc1ccc(F)c(F)c1. The van der Waals surface area contributed by atoms with Crippen LogP contribution in [0.3, 0.4) is 0 Å². The van der Waals surface area contributed by atoms with Gasteiger partial charge < -0.3 is 5.32 Å². The minimum atomic E-state index is -0.784. The van der Waals surface area contributed by atoms with E-state index in [4.69, 9.17) is 0 Å². The van der Waals surface area contributed by atoms with Crippen molar-refractivity contribution in [2.24, 2.45) is 0 Å². The fraction of sp³-hybridized carbons (Fsp3) is 0.571. The number of benzene rings is 1. The van der Waals surface area contributed by atoms with E-state index in [1.165, 1.54) is 12.1 Å². The molecule has 0 fully saturated rings. The van der Waals surface area contributed by atoms with Crippen molar-refractivity contribution in [2.75, 3.05) is 12.3 Å². The molecule has 0 spiro atoms. The third-order valence-electron chi connectivity index (χ3n) is 2.66. The smallest absolute Gasteiger partial charge is 0.159 e. The molecule has 1 rings (SSSR count). The van der Waals surface area contributed by atoms with Crippen LogP contribution < -0.4 is 5.32 Å². The van der Waals surface area contributed by atoms with Crippen molar-refractivity contribution >= 4 is 11.8 Å². The Morgan fingerprint density at radius 1 is 1.17 bits per heavy atom. The Morgan fingerprint density at radius 2 is 1.94 bits per heavy atom. The van der Waals surface area contributed by atoms with Crippen molar-refractivity contribution in [3.8, 4) is 0 Å². The molecule has 0 bridgehead atoms. The Kier molecular flexibility index (Phi) is 7.28. The van der Waals surface area contributed by atoms with Gasteiger partial charge in [-0.3, -0.25) is 0 Å². The molecule has 102 valence electrons. The fourth-order valence-corrected chi connectivity index (χ4v) is 2.73. The molecule has 1 aromatic rings. The summed E-state index contributed by atoms with van der Waals surface area (Å²) in [5.74, 6) is -0.666. The molecule has 18 heavy (non-hydrogen) atoms. The van der Waals surface area contributed by atoms with Crippen LogP contribution in [-0.2, 0) is 0 Å². The Balaban J connectivity index is 2.47. The quantitative estimate of drug-likeness (QED) is 0.712. The van der Waals surface area contributed by atoms with E-state index in [1.807, 2.05) is 0 Å². The van der Waals surface area contributed by atoms with Crippen LogP contribution in [0.15, 0.2) is 23.1 Å². The summed E-state index contributed by atoms with van der Waals surface area (Å²) in [7, 11) is 0. The normalized spacial score (nSPS) is 12.7. The van der Waals surface area contributed by atoms with E-state index in [0.717, 1.165) is 36.5 Å². The number of hydrogen-bond acceptors (Lipinski definition) is 2. The zero-order valence-corrected chi connectivity index (χ0v) is 11.8. The van der Waals surface area contributed by atoms with Crippen LogP contribution in [0, 0.1) is 11.6 Å². The average molecular weight is 273 g/mol. The molecule has 0 aliphatic heterocycles. The Hall–Kier alpha value is -0.610. The van der Waals surface area contributed by atoms with Crippen molar-refractivity contribution < 1.29 is 8.78 Å². The monoisotopic (exact) mass is 273 g/mol. The number of hydrogen-bond donors (Lipinski definition) is 1. The van der Waals surface area contributed by atoms with Gasteiger partial charge in [0.1, 0.15) is 0 Å². The van der Waals surface area contributed by atoms with Crippen LogP contribution in [-0.4, -0.2) is 18.3 Å². The predicted octanol–water partition coefficient (Wildman–Crippen LogP) is 4.23. The van der Waals surface area contributed by atoms with Gasteiger partial charge in [-0.2, -0.15) is 0 Å². The van der Waals surface area contributed by atoms with Crippen LogP contribution >= 0.6 is 11.8 Å². The van der Waals surface area contributed by atoms with Crippen LogP contribution in [0.2, 0.25) is 0 Å².